The molecule has 8 nitrogen and oxygen atoms in total. The average Bonchev–Trinajstić information content (AvgIpc) is 3.12. The van der Waals surface area contributed by atoms with Gasteiger partial charge >= 0.3 is 0 Å². The fraction of sp³-hybridized carbons (Fsp3) is 0.150. The number of aromatic nitrogens is 4. The molecule has 0 saturated heterocycles. The molecule has 1 N–H and O–H groups in total. The summed E-state index contributed by atoms with van der Waals surface area (Å²) in [6.07, 6.45) is 3.28. The van der Waals surface area contributed by atoms with E-state index >= 15 is 0 Å². The smallest absolute Gasteiger partial charge is 0.267 e. The molecule has 0 bridgehead atoms. The van der Waals surface area contributed by atoms with E-state index in [1.54, 1.807) is 30.6 Å². The average molecular weight is 407 g/mol. The maximum absolute atomic E-state index is 12.4. The van der Waals surface area contributed by atoms with Crippen molar-refractivity contribution in [2.24, 2.45) is 0 Å². The minimum Gasteiger partial charge on any atom is -0.494 e. The normalized spacial score (nSPS) is 10.8. The zero-order chi connectivity index (χ0) is 20.2. The van der Waals surface area contributed by atoms with Gasteiger partial charge < -0.3 is 10.1 Å². The first-order valence-electron chi connectivity index (χ1n) is 8.94. The van der Waals surface area contributed by atoms with Gasteiger partial charge in [0.15, 0.2) is 5.13 Å². The van der Waals surface area contributed by atoms with Crippen molar-refractivity contribution in [3.05, 3.63) is 65.2 Å². The fourth-order valence-electron chi connectivity index (χ4n) is 2.75. The van der Waals surface area contributed by atoms with E-state index in [1.165, 1.54) is 17.4 Å². The van der Waals surface area contributed by atoms with Crippen molar-refractivity contribution in [1.82, 2.24) is 19.7 Å². The molecule has 1 amide bonds. The first-order valence-corrected chi connectivity index (χ1v) is 9.76. The van der Waals surface area contributed by atoms with Crippen LogP contribution in [0.2, 0.25) is 0 Å². The van der Waals surface area contributed by atoms with Gasteiger partial charge in [0.2, 0.25) is 5.91 Å². The summed E-state index contributed by atoms with van der Waals surface area (Å²) in [6.45, 7) is 2.29. The van der Waals surface area contributed by atoms with Crippen LogP contribution in [-0.4, -0.2) is 32.3 Å². The lowest BCUT2D eigenvalue weighted by atomic mass is 10.2. The number of nitrogens with one attached hydrogen (secondary N) is 1. The number of hydrogen-bond donors (Lipinski definition) is 1. The van der Waals surface area contributed by atoms with E-state index in [2.05, 4.69) is 20.4 Å². The van der Waals surface area contributed by atoms with Gasteiger partial charge in [0.1, 0.15) is 12.3 Å². The van der Waals surface area contributed by atoms with Crippen molar-refractivity contribution in [3.63, 3.8) is 0 Å². The Morgan fingerprint density at radius 1 is 1.17 bits per heavy atom. The van der Waals surface area contributed by atoms with Gasteiger partial charge in [-0.1, -0.05) is 11.3 Å². The number of ether oxygens (including phenoxy) is 1. The number of anilines is 1. The number of carbonyl (C=O) groups excluding carboxylic acids is 1. The molecular formula is C20H17N5O3S. The summed E-state index contributed by atoms with van der Waals surface area (Å²) < 4.78 is 7.52. The minimum atomic E-state index is -0.379. The molecule has 0 saturated carbocycles. The van der Waals surface area contributed by atoms with Crippen LogP contribution in [0.3, 0.4) is 0 Å². The predicted octanol–water partition coefficient (Wildman–Crippen LogP) is 2.95. The molecule has 0 aliphatic rings. The van der Waals surface area contributed by atoms with E-state index in [1.807, 2.05) is 25.1 Å². The predicted molar refractivity (Wildman–Crippen MR) is 111 cm³/mol. The SMILES string of the molecule is CCOc1ccc2nc(NC(=O)Cn3nc(-c4ccncc4)ccc3=O)sc2c1. The summed E-state index contributed by atoms with van der Waals surface area (Å²) in [5.74, 6) is 0.376. The Labute approximate surface area is 169 Å². The van der Waals surface area contributed by atoms with Gasteiger partial charge in [-0.05, 0) is 43.3 Å². The minimum absolute atomic E-state index is 0.210. The van der Waals surface area contributed by atoms with Crippen molar-refractivity contribution in [1.29, 1.82) is 0 Å². The van der Waals surface area contributed by atoms with Gasteiger partial charge in [0.05, 0.1) is 22.5 Å². The highest BCUT2D eigenvalue weighted by atomic mass is 32.1. The highest BCUT2D eigenvalue weighted by molar-refractivity contribution is 7.22. The summed E-state index contributed by atoms with van der Waals surface area (Å²) in [5.41, 5.74) is 1.81. The molecule has 4 aromatic rings. The maximum atomic E-state index is 12.4. The van der Waals surface area contributed by atoms with Crippen molar-refractivity contribution >= 4 is 32.6 Å². The van der Waals surface area contributed by atoms with Gasteiger partial charge in [-0.3, -0.25) is 14.6 Å². The molecule has 0 fully saturated rings. The van der Waals surface area contributed by atoms with Crippen LogP contribution in [0, 0.1) is 0 Å². The summed E-state index contributed by atoms with van der Waals surface area (Å²) in [4.78, 5) is 32.9. The molecule has 0 radical (unpaired) electrons. The lowest BCUT2D eigenvalue weighted by molar-refractivity contribution is -0.117. The summed E-state index contributed by atoms with van der Waals surface area (Å²) in [5, 5.41) is 7.47. The second kappa shape index (κ2) is 8.19. The zero-order valence-electron chi connectivity index (χ0n) is 15.5. The summed E-state index contributed by atoms with van der Waals surface area (Å²) >= 11 is 1.34. The molecule has 0 atom stereocenters. The van der Waals surface area contributed by atoms with Crippen molar-refractivity contribution in [2.45, 2.75) is 13.5 Å². The third kappa shape index (κ3) is 4.30. The zero-order valence-corrected chi connectivity index (χ0v) is 16.3. The second-order valence-corrected chi connectivity index (χ2v) is 7.11. The molecule has 4 rings (SSSR count). The Bertz CT molecular complexity index is 1220. The van der Waals surface area contributed by atoms with Crippen LogP contribution >= 0.6 is 11.3 Å². The van der Waals surface area contributed by atoms with Crippen molar-refractivity contribution in [2.75, 3.05) is 11.9 Å². The molecular weight excluding hydrogens is 390 g/mol. The molecule has 3 heterocycles. The number of pyridine rings is 1. The van der Waals surface area contributed by atoms with E-state index in [-0.39, 0.29) is 18.0 Å². The Balaban J connectivity index is 1.51. The van der Waals surface area contributed by atoms with Crippen LogP contribution < -0.4 is 15.6 Å². The van der Waals surface area contributed by atoms with Gasteiger partial charge in [0, 0.05) is 24.0 Å². The lowest BCUT2D eigenvalue weighted by Crippen LogP contribution is -2.29. The quantitative estimate of drug-likeness (QED) is 0.528. The van der Waals surface area contributed by atoms with Gasteiger partial charge in [-0.2, -0.15) is 5.10 Å². The third-order valence-electron chi connectivity index (χ3n) is 4.05. The fourth-order valence-corrected chi connectivity index (χ4v) is 3.66. The van der Waals surface area contributed by atoms with Crippen LogP contribution in [0.15, 0.2) is 59.7 Å². The lowest BCUT2D eigenvalue weighted by Gasteiger charge is -2.06. The monoisotopic (exact) mass is 407 g/mol. The number of carbonyl (C=O) groups is 1. The Morgan fingerprint density at radius 3 is 2.79 bits per heavy atom. The van der Waals surface area contributed by atoms with E-state index < -0.39 is 0 Å². The van der Waals surface area contributed by atoms with Crippen LogP contribution in [0.5, 0.6) is 5.75 Å². The topological polar surface area (TPSA) is 99.0 Å². The Morgan fingerprint density at radius 2 is 2.00 bits per heavy atom. The third-order valence-corrected chi connectivity index (χ3v) is 4.99. The van der Waals surface area contributed by atoms with E-state index in [4.69, 9.17) is 4.74 Å². The van der Waals surface area contributed by atoms with Gasteiger partial charge in [-0.25, -0.2) is 9.67 Å². The number of fused-ring (bicyclic) bond motifs is 1. The van der Waals surface area contributed by atoms with Gasteiger partial charge in [-0.15, -0.1) is 0 Å². The highest BCUT2D eigenvalue weighted by Gasteiger charge is 2.11. The van der Waals surface area contributed by atoms with Crippen LogP contribution in [-0.2, 0) is 11.3 Å². The molecule has 9 heteroatoms. The molecule has 3 aromatic heterocycles. The number of hydrogen-bond acceptors (Lipinski definition) is 7. The number of rotatable bonds is 6. The molecule has 0 unspecified atom stereocenters. The van der Waals surface area contributed by atoms with Crippen LogP contribution in [0.25, 0.3) is 21.5 Å². The molecule has 0 aliphatic heterocycles. The molecule has 146 valence electrons. The summed E-state index contributed by atoms with van der Waals surface area (Å²) in [7, 11) is 0. The van der Waals surface area contributed by atoms with Crippen LogP contribution in [0.4, 0.5) is 5.13 Å². The Kier molecular flexibility index (Phi) is 5.30. The van der Waals surface area contributed by atoms with Crippen LogP contribution in [0.1, 0.15) is 6.92 Å². The Hall–Kier alpha value is -3.59. The highest BCUT2D eigenvalue weighted by Crippen LogP contribution is 2.29. The molecule has 0 spiro atoms. The van der Waals surface area contributed by atoms with E-state index in [0.717, 1.165) is 26.2 Å². The van der Waals surface area contributed by atoms with E-state index in [0.29, 0.717) is 17.4 Å². The number of nitrogens with zero attached hydrogens (tertiary/aromatic N) is 4. The molecule has 1 aromatic carbocycles. The first-order chi connectivity index (χ1) is 14.1. The van der Waals surface area contributed by atoms with Crippen molar-refractivity contribution in [3.8, 4) is 17.0 Å². The number of thiazole rings is 1. The maximum Gasteiger partial charge on any atom is 0.267 e. The van der Waals surface area contributed by atoms with Crippen molar-refractivity contribution < 1.29 is 9.53 Å². The van der Waals surface area contributed by atoms with Gasteiger partial charge in [0.25, 0.3) is 5.56 Å². The summed E-state index contributed by atoms with van der Waals surface area (Å²) in [6, 6.07) is 12.2. The van der Waals surface area contributed by atoms with E-state index in [9.17, 15) is 9.59 Å². The molecule has 29 heavy (non-hydrogen) atoms. The number of benzene rings is 1. The molecule has 0 aliphatic carbocycles. The standard InChI is InChI=1S/C20H17N5O3S/c1-2-28-14-3-4-16-17(11-14)29-20(22-16)23-18(26)12-25-19(27)6-5-15(24-25)13-7-9-21-10-8-13/h3-11H,2,12H2,1H3,(H,22,23,26). The largest absolute Gasteiger partial charge is 0.494 e. The second-order valence-electron chi connectivity index (χ2n) is 6.08. The number of amides is 1. The first kappa shape index (κ1) is 18.8.